The first-order valence-electron chi connectivity index (χ1n) is 16.1. The van der Waals surface area contributed by atoms with Crippen molar-refractivity contribution in [2.75, 3.05) is 55.9 Å². The van der Waals surface area contributed by atoms with Gasteiger partial charge in [-0.25, -0.2) is 9.18 Å². The maximum atomic E-state index is 15.7. The lowest BCUT2D eigenvalue weighted by molar-refractivity contribution is 0.0516. The predicted octanol–water partition coefficient (Wildman–Crippen LogP) is 6.39. The number of carbonyl (C=O) groups excluding carboxylic acids is 1. The smallest absolute Gasteiger partial charge is 0.337 e. The standard InChI is InChI=1S/C35H37Cl2FN4O5/c1-3-39-9-10-41(20(2)15-39)24-11-28(36)32(29(37)12-24)34(43)40-16-21-5-4-6-25(33(21)47-19-40)26-14-31(27(35(44)45)13-30(26)38)42-22-7-8-23(42)18-46-17-22/h4-6,11-14,20,22-23H,3,7-10,15-19H2,1-2H3,(H,44,45)/t20-,22?,23?/m1/s1. The molecule has 2 unspecified atom stereocenters. The van der Waals surface area contributed by atoms with Crippen LogP contribution in [0.4, 0.5) is 15.8 Å². The van der Waals surface area contributed by atoms with Crippen molar-refractivity contribution in [3.8, 4) is 16.9 Å². The second kappa shape index (κ2) is 12.8. The van der Waals surface area contributed by atoms with E-state index in [-0.39, 0.29) is 64.0 Å². The fraction of sp³-hybridized carbons (Fsp3) is 0.429. The van der Waals surface area contributed by atoms with E-state index in [1.165, 1.54) is 4.90 Å². The molecule has 3 aromatic rings. The van der Waals surface area contributed by atoms with Gasteiger partial charge >= 0.3 is 5.97 Å². The van der Waals surface area contributed by atoms with Crippen molar-refractivity contribution >= 4 is 46.5 Å². The van der Waals surface area contributed by atoms with Crippen molar-refractivity contribution in [3.05, 3.63) is 75.0 Å². The van der Waals surface area contributed by atoms with Gasteiger partial charge in [0.05, 0.1) is 58.7 Å². The number of fused-ring (bicyclic) bond motifs is 3. The van der Waals surface area contributed by atoms with E-state index in [1.54, 1.807) is 30.3 Å². The molecular weight excluding hydrogens is 646 g/mol. The maximum absolute atomic E-state index is 15.7. The topological polar surface area (TPSA) is 85.8 Å². The molecule has 3 aromatic carbocycles. The van der Waals surface area contributed by atoms with Crippen LogP contribution >= 0.6 is 23.2 Å². The summed E-state index contributed by atoms with van der Waals surface area (Å²) in [5.74, 6) is -1.77. The Bertz CT molecular complexity index is 1700. The van der Waals surface area contributed by atoms with E-state index < -0.39 is 11.8 Å². The maximum Gasteiger partial charge on any atom is 0.337 e. The Hall–Kier alpha value is -3.57. The first-order chi connectivity index (χ1) is 22.6. The second-order valence-corrected chi connectivity index (χ2v) is 13.6. The van der Waals surface area contributed by atoms with Gasteiger partial charge in [-0.1, -0.05) is 48.3 Å². The lowest BCUT2D eigenvalue weighted by Gasteiger charge is -2.41. The number of likely N-dealkylation sites (N-methyl/N-ethyl adjacent to an activating group) is 1. The average Bonchev–Trinajstić information content (AvgIpc) is 3.30. The third kappa shape index (κ3) is 5.79. The lowest BCUT2D eigenvalue weighted by Crippen LogP contribution is -2.51. The number of carboxylic acids is 1. The van der Waals surface area contributed by atoms with Gasteiger partial charge in [-0.2, -0.15) is 0 Å². The lowest BCUT2D eigenvalue weighted by atomic mass is 9.96. The number of amides is 1. The molecule has 2 bridgehead atoms. The molecule has 4 heterocycles. The SMILES string of the molecule is CCN1CCN(c2cc(Cl)c(C(=O)N3COc4c(cccc4-c4cc(N5C6CCC5COC6)c(C(=O)O)cc4F)C3)c(Cl)c2)[C@H](C)C1. The van der Waals surface area contributed by atoms with Crippen LogP contribution in [-0.4, -0.2) is 91.0 Å². The first kappa shape index (κ1) is 32.0. The average molecular weight is 684 g/mol. The van der Waals surface area contributed by atoms with Crippen molar-refractivity contribution < 1.29 is 28.6 Å². The molecule has 0 aromatic heterocycles. The highest BCUT2D eigenvalue weighted by atomic mass is 35.5. The van der Waals surface area contributed by atoms with Gasteiger partial charge in [-0.05, 0) is 50.6 Å². The summed E-state index contributed by atoms with van der Waals surface area (Å²) < 4.78 is 27.6. The summed E-state index contributed by atoms with van der Waals surface area (Å²) in [6, 6.07) is 12.0. The van der Waals surface area contributed by atoms with Gasteiger partial charge in [0.1, 0.15) is 11.6 Å². The minimum Gasteiger partial charge on any atom is -0.478 e. The van der Waals surface area contributed by atoms with Crippen LogP contribution in [0.25, 0.3) is 11.1 Å². The van der Waals surface area contributed by atoms with Gasteiger partial charge in [0.2, 0.25) is 0 Å². The molecule has 0 radical (unpaired) electrons. The van der Waals surface area contributed by atoms with E-state index in [2.05, 4.69) is 28.5 Å². The highest BCUT2D eigenvalue weighted by molar-refractivity contribution is 6.40. The van der Waals surface area contributed by atoms with Gasteiger partial charge in [-0.3, -0.25) is 9.69 Å². The molecule has 0 aliphatic carbocycles. The molecule has 1 amide bonds. The highest BCUT2D eigenvalue weighted by Gasteiger charge is 2.40. The van der Waals surface area contributed by atoms with Gasteiger partial charge in [0.15, 0.2) is 6.73 Å². The fourth-order valence-electron chi connectivity index (χ4n) is 7.58. The number of para-hydroxylation sites is 1. The molecule has 4 aliphatic heterocycles. The summed E-state index contributed by atoms with van der Waals surface area (Å²) in [5.41, 5.74) is 2.90. The predicted molar refractivity (Wildman–Crippen MR) is 180 cm³/mol. The van der Waals surface area contributed by atoms with Crippen LogP contribution in [0.1, 0.15) is 53.0 Å². The number of rotatable bonds is 6. The number of nitrogens with zero attached hydrogens (tertiary/aromatic N) is 4. The molecule has 3 atom stereocenters. The molecule has 7 rings (SSSR count). The van der Waals surface area contributed by atoms with Crippen molar-refractivity contribution in [1.82, 2.24) is 9.80 Å². The Morgan fingerprint density at radius 1 is 1.02 bits per heavy atom. The third-order valence-corrected chi connectivity index (χ3v) is 10.6. The number of benzene rings is 3. The van der Waals surface area contributed by atoms with E-state index in [0.29, 0.717) is 35.8 Å². The summed E-state index contributed by atoms with van der Waals surface area (Å²) in [7, 11) is 0. The molecule has 3 fully saturated rings. The molecule has 248 valence electrons. The zero-order valence-corrected chi connectivity index (χ0v) is 27.9. The van der Waals surface area contributed by atoms with Crippen LogP contribution in [0.15, 0.2) is 42.5 Å². The number of carboxylic acid groups (broad SMARTS) is 1. The minimum absolute atomic E-state index is 0.0352. The number of aromatic carboxylic acids is 1. The van der Waals surface area contributed by atoms with Crippen LogP contribution < -0.4 is 14.5 Å². The molecule has 0 saturated carbocycles. The number of morpholine rings is 1. The molecular formula is C35H37Cl2FN4O5. The number of carbonyl (C=O) groups is 2. The zero-order valence-electron chi connectivity index (χ0n) is 26.3. The molecule has 1 N–H and O–H groups in total. The number of hydrogen-bond donors (Lipinski definition) is 1. The number of anilines is 2. The molecule has 9 nitrogen and oxygen atoms in total. The molecule has 3 saturated heterocycles. The van der Waals surface area contributed by atoms with Crippen LogP contribution in [0, 0.1) is 5.82 Å². The Labute approximate surface area is 283 Å². The first-order valence-corrected chi connectivity index (χ1v) is 16.9. The number of piperazine rings is 1. The Morgan fingerprint density at radius 2 is 1.74 bits per heavy atom. The van der Waals surface area contributed by atoms with Gasteiger partial charge in [0, 0.05) is 48.1 Å². The van der Waals surface area contributed by atoms with Gasteiger partial charge in [-0.15, -0.1) is 0 Å². The van der Waals surface area contributed by atoms with Crippen molar-refractivity contribution in [2.45, 2.75) is 51.4 Å². The molecule has 12 heteroatoms. The normalized spacial score (nSPS) is 22.7. The zero-order chi connectivity index (χ0) is 33.0. The Balaban J connectivity index is 1.16. The van der Waals surface area contributed by atoms with Crippen LogP contribution in [0.5, 0.6) is 5.75 Å². The number of ether oxygens (including phenoxy) is 2. The molecule has 4 aliphatic rings. The number of halogens is 3. The second-order valence-electron chi connectivity index (χ2n) is 12.8. The Kier molecular flexibility index (Phi) is 8.72. The van der Waals surface area contributed by atoms with Crippen LogP contribution in [0.2, 0.25) is 10.0 Å². The van der Waals surface area contributed by atoms with E-state index in [9.17, 15) is 14.7 Å². The summed E-state index contributed by atoms with van der Waals surface area (Å²) in [6.07, 6.45) is 1.77. The minimum atomic E-state index is -1.18. The van der Waals surface area contributed by atoms with Gasteiger partial charge in [0.25, 0.3) is 5.91 Å². The molecule has 47 heavy (non-hydrogen) atoms. The van der Waals surface area contributed by atoms with Crippen molar-refractivity contribution in [3.63, 3.8) is 0 Å². The number of hydrogen-bond acceptors (Lipinski definition) is 7. The van der Waals surface area contributed by atoms with Crippen molar-refractivity contribution in [1.29, 1.82) is 0 Å². The molecule has 0 spiro atoms. The van der Waals surface area contributed by atoms with Crippen LogP contribution in [0.3, 0.4) is 0 Å². The van der Waals surface area contributed by atoms with E-state index in [4.69, 9.17) is 32.7 Å². The summed E-state index contributed by atoms with van der Waals surface area (Å²) >= 11 is 13.5. The van der Waals surface area contributed by atoms with Gasteiger partial charge < -0.3 is 29.3 Å². The summed E-state index contributed by atoms with van der Waals surface area (Å²) in [5, 5.41) is 10.5. The quantitative estimate of drug-likeness (QED) is 0.320. The van der Waals surface area contributed by atoms with Crippen LogP contribution in [-0.2, 0) is 11.3 Å². The summed E-state index contributed by atoms with van der Waals surface area (Å²) in [4.78, 5) is 34.3. The van der Waals surface area contributed by atoms with Crippen molar-refractivity contribution in [2.24, 2.45) is 0 Å². The Morgan fingerprint density at radius 3 is 2.40 bits per heavy atom. The largest absolute Gasteiger partial charge is 0.478 e. The van der Waals surface area contributed by atoms with E-state index >= 15 is 4.39 Å². The highest BCUT2D eigenvalue weighted by Crippen LogP contribution is 2.43. The third-order valence-electron chi connectivity index (χ3n) is 9.97. The monoisotopic (exact) mass is 682 g/mol. The summed E-state index contributed by atoms with van der Waals surface area (Å²) in [6.45, 7) is 9.13. The van der Waals surface area contributed by atoms with E-state index in [1.807, 2.05) is 6.07 Å². The fourth-order valence-corrected chi connectivity index (χ4v) is 8.22. The van der Waals surface area contributed by atoms with E-state index in [0.717, 1.165) is 50.8 Å².